The van der Waals surface area contributed by atoms with Gasteiger partial charge in [0.25, 0.3) is 5.69 Å². The lowest BCUT2D eigenvalue weighted by Crippen LogP contribution is -2.31. The van der Waals surface area contributed by atoms with E-state index in [-0.39, 0.29) is 18.0 Å². The van der Waals surface area contributed by atoms with Crippen LogP contribution in [0.15, 0.2) is 66.2 Å². The van der Waals surface area contributed by atoms with Gasteiger partial charge >= 0.3 is 0 Å². The maximum Gasteiger partial charge on any atom is 0.271 e. The minimum atomic E-state index is -0.470. The zero-order valence-electron chi connectivity index (χ0n) is 12.9. The highest BCUT2D eigenvalue weighted by Gasteiger charge is 2.25. The van der Waals surface area contributed by atoms with Crippen molar-refractivity contribution in [3.8, 4) is 0 Å². The Bertz CT molecular complexity index is 844. The van der Waals surface area contributed by atoms with E-state index >= 15 is 0 Å². The van der Waals surface area contributed by atoms with Crippen LogP contribution in [0.5, 0.6) is 0 Å². The first-order chi connectivity index (χ1) is 11.6. The Labute approximate surface area is 138 Å². The number of rotatable bonds is 4. The van der Waals surface area contributed by atoms with Crippen LogP contribution in [0.1, 0.15) is 12.0 Å². The van der Waals surface area contributed by atoms with E-state index in [1.165, 1.54) is 12.1 Å². The molecule has 2 aromatic carbocycles. The number of hydrogen-bond acceptors (Lipinski definition) is 4. The molecule has 0 spiro atoms. The van der Waals surface area contributed by atoms with Crippen LogP contribution in [0.3, 0.4) is 0 Å². The van der Waals surface area contributed by atoms with Crippen LogP contribution in [0, 0.1) is 10.1 Å². The van der Waals surface area contributed by atoms with Gasteiger partial charge in [-0.15, -0.1) is 6.58 Å². The number of nitrogens with zero attached hydrogens (tertiary/aromatic N) is 3. The number of carbonyl (C=O) groups excluding carboxylic acids is 1. The highest BCUT2D eigenvalue weighted by molar-refractivity contribution is 6.17. The van der Waals surface area contributed by atoms with E-state index in [4.69, 9.17) is 0 Å². The van der Waals surface area contributed by atoms with Crippen LogP contribution in [-0.4, -0.2) is 23.1 Å². The summed E-state index contributed by atoms with van der Waals surface area (Å²) < 4.78 is 0. The van der Waals surface area contributed by atoms with Crippen molar-refractivity contribution in [2.75, 3.05) is 11.4 Å². The Morgan fingerprint density at radius 1 is 1.25 bits per heavy atom. The van der Waals surface area contributed by atoms with Crippen molar-refractivity contribution in [3.63, 3.8) is 0 Å². The first-order valence-corrected chi connectivity index (χ1v) is 7.43. The quantitative estimate of drug-likeness (QED) is 0.490. The Balaban J connectivity index is 2.17. The van der Waals surface area contributed by atoms with Crippen molar-refractivity contribution < 1.29 is 9.72 Å². The lowest BCUT2D eigenvalue weighted by Gasteiger charge is -2.20. The van der Waals surface area contributed by atoms with Gasteiger partial charge < -0.3 is 4.90 Å². The Morgan fingerprint density at radius 3 is 2.67 bits per heavy atom. The van der Waals surface area contributed by atoms with Gasteiger partial charge in [-0.05, 0) is 11.6 Å². The van der Waals surface area contributed by atoms with E-state index in [0.29, 0.717) is 23.6 Å². The molecule has 120 valence electrons. The third kappa shape index (κ3) is 2.94. The summed E-state index contributed by atoms with van der Waals surface area (Å²) in [6, 6.07) is 13.7. The Hall–Kier alpha value is -3.28. The van der Waals surface area contributed by atoms with Gasteiger partial charge in [0.15, 0.2) is 0 Å². The lowest BCUT2D eigenvalue weighted by atomic mass is 10.1. The summed E-state index contributed by atoms with van der Waals surface area (Å²) in [5.74, 6) is -0.120. The number of benzene rings is 2. The zero-order chi connectivity index (χ0) is 17.1. The van der Waals surface area contributed by atoms with Crippen molar-refractivity contribution in [2.45, 2.75) is 6.42 Å². The third-order valence-electron chi connectivity index (χ3n) is 3.75. The largest absolute Gasteiger partial charge is 0.306 e. The van der Waals surface area contributed by atoms with Crippen molar-refractivity contribution in [2.24, 2.45) is 4.99 Å². The van der Waals surface area contributed by atoms with E-state index in [9.17, 15) is 14.9 Å². The molecule has 3 rings (SSSR count). The molecule has 0 fully saturated rings. The number of carbonyl (C=O) groups is 1. The van der Waals surface area contributed by atoms with Gasteiger partial charge in [-0.2, -0.15) is 0 Å². The van der Waals surface area contributed by atoms with Crippen LogP contribution < -0.4 is 4.90 Å². The molecule has 0 saturated heterocycles. The van der Waals surface area contributed by atoms with Gasteiger partial charge in [0.1, 0.15) is 0 Å². The van der Waals surface area contributed by atoms with Gasteiger partial charge in [-0.1, -0.05) is 36.4 Å². The molecule has 1 aliphatic heterocycles. The molecule has 0 saturated carbocycles. The van der Waals surface area contributed by atoms with E-state index in [1.807, 2.05) is 30.3 Å². The number of nitro groups is 1. The molecule has 1 amide bonds. The first kappa shape index (κ1) is 15.6. The molecule has 24 heavy (non-hydrogen) atoms. The van der Waals surface area contributed by atoms with Crippen molar-refractivity contribution in [3.05, 3.63) is 76.9 Å². The summed E-state index contributed by atoms with van der Waals surface area (Å²) in [4.78, 5) is 29.3. The minimum Gasteiger partial charge on any atom is -0.306 e. The number of non-ortho nitro benzene ring substituents is 1. The molecule has 6 heteroatoms. The molecule has 0 unspecified atom stereocenters. The highest BCUT2D eigenvalue weighted by atomic mass is 16.6. The number of amides is 1. The third-order valence-corrected chi connectivity index (χ3v) is 3.75. The molecule has 0 atom stereocenters. The fourth-order valence-corrected chi connectivity index (χ4v) is 2.63. The molecule has 6 nitrogen and oxygen atoms in total. The standard InChI is InChI=1S/C18H15N3O3/c1-2-10-20-17-9-8-14(21(23)24)11-16(17)19-15(12-18(20)22)13-6-4-3-5-7-13/h2-9,11H,1,10,12H2. The molecule has 0 aliphatic carbocycles. The van der Waals surface area contributed by atoms with Crippen molar-refractivity contribution in [1.29, 1.82) is 0 Å². The molecule has 1 aliphatic rings. The van der Waals surface area contributed by atoms with Crippen LogP contribution >= 0.6 is 0 Å². The number of anilines is 1. The SMILES string of the molecule is C=CCN1C(=O)CC(c2ccccc2)=Nc2cc([N+](=O)[O-])ccc21. The van der Waals surface area contributed by atoms with Gasteiger partial charge in [-0.3, -0.25) is 14.9 Å². The zero-order valence-corrected chi connectivity index (χ0v) is 12.9. The molecule has 2 aromatic rings. The van der Waals surface area contributed by atoms with Gasteiger partial charge in [0.2, 0.25) is 5.91 Å². The second-order valence-electron chi connectivity index (χ2n) is 5.32. The molecule has 1 heterocycles. The van der Waals surface area contributed by atoms with Crippen molar-refractivity contribution in [1.82, 2.24) is 0 Å². The molecule has 0 N–H and O–H groups in total. The topological polar surface area (TPSA) is 75.8 Å². The predicted octanol–water partition coefficient (Wildman–Crippen LogP) is 3.64. The van der Waals surface area contributed by atoms with Crippen molar-refractivity contribution >= 4 is 28.7 Å². The maximum atomic E-state index is 12.6. The van der Waals surface area contributed by atoms with Gasteiger partial charge in [0.05, 0.1) is 28.4 Å². The highest BCUT2D eigenvalue weighted by Crippen LogP contribution is 2.36. The lowest BCUT2D eigenvalue weighted by molar-refractivity contribution is -0.384. The van der Waals surface area contributed by atoms with E-state index < -0.39 is 4.92 Å². The van der Waals surface area contributed by atoms with Gasteiger partial charge in [-0.25, -0.2) is 4.99 Å². The molecular weight excluding hydrogens is 306 g/mol. The molecule has 0 radical (unpaired) electrons. The fourth-order valence-electron chi connectivity index (χ4n) is 2.63. The average Bonchev–Trinajstić information content (AvgIpc) is 2.72. The monoisotopic (exact) mass is 321 g/mol. The summed E-state index contributed by atoms with van der Waals surface area (Å²) in [6.07, 6.45) is 1.75. The molecule has 0 bridgehead atoms. The number of hydrogen-bond donors (Lipinski definition) is 0. The summed E-state index contributed by atoms with van der Waals surface area (Å²) in [5.41, 5.74) is 2.32. The van der Waals surface area contributed by atoms with Crippen LogP contribution in [0.25, 0.3) is 0 Å². The second-order valence-corrected chi connectivity index (χ2v) is 5.32. The molecule has 0 aromatic heterocycles. The van der Waals surface area contributed by atoms with E-state index in [1.54, 1.807) is 17.0 Å². The van der Waals surface area contributed by atoms with Gasteiger partial charge in [0, 0.05) is 18.7 Å². The Morgan fingerprint density at radius 2 is 2.00 bits per heavy atom. The first-order valence-electron chi connectivity index (χ1n) is 7.43. The van der Waals surface area contributed by atoms with E-state index in [0.717, 1.165) is 5.56 Å². The van der Waals surface area contributed by atoms with Crippen LogP contribution in [-0.2, 0) is 4.79 Å². The summed E-state index contributed by atoms with van der Waals surface area (Å²) >= 11 is 0. The summed E-state index contributed by atoms with van der Waals surface area (Å²) in [7, 11) is 0. The Kier molecular flexibility index (Phi) is 4.20. The average molecular weight is 321 g/mol. The minimum absolute atomic E-state index is 0.0576. The summed E-state index contributed by atoms with van der Waals surface area (Å²) in [6.45, 7) is 4.00. The van der Waals surface area contributed by atoms with Crippen LogP contribution in [0.4, 0.5) is 17.1 Å². The maximum absolute atomic E-state index is 12.6. The predicted molar refractivity (Wildman–Crippen MR) is 92.9 cm³/mol. The number of nitro benzene ring substituents is 1. The number of fused-ring (bicyclic) bond motifs is 1. The summed E-state index contributed by atoms with van der Waals surface area (Å²) in [5, 5.41) is 11.1. The molecular formula is C18H15N3O3. The normalized spacial score (nSPS) is 13.8. The number of aliphatic imine (C=N–C) groups is 1. The fraction of sp³-hybridized carbons (Fsp3) is 0.111. The second kappa shape index (κ2) is 6.45. The van der Waals surface area contributed by atoms with E-state index in [2.05, 4.69) is 11.6 Å². The smallest absolute Gasteiger partial charge is 0.271 e. The van der Waals surface area contributed by atoms with Crippen LogP contribution in [0.2, 0.25) is 0 Å².